The van der Waals surface area contributed by atoms with Gasteiger partial charge in [-0.1, -0.05) is 59.2 Å². The average molecular weight is 404 g/mol. The molecule has 27 heavy (non-hydrogen) atoms. The van der Waals surface area contributed by atoms with E-state index in [1.165, 1.54) is 6.26 Å². The Labute approximate surface area is 167 Å². The van der Waals surface area contributed by atoms with Gasteiger partial charge in [0.1, 0.15) is 23.7 Å². The summed E-state index contributed by atoms with van der Waals surface area (Å²) < 4.78 is 5.09. The van der Waals surface area contributed by atoms with Crippen LogP contribution in [0.2, 0.25) is 5.02 Å². The Bertz CT molecular complexity index is 925. The van der Waals surface area contributed by atoms with Crippen LogP contribution in [0, 0.1) is 0 Å². The third-order valence-electron chi connectivity index (χ3n) is 4.36. The maximum atomic E-state index is 11.9. The van der Waals surface area contributed by atoms with Gasteiger partial charge in [-0.2, -0.15) is 0 Å². The molecule has 3 aromatic rings. The summed E-state index contributed by atoms with van der Waals surface area (Å²) in [4.78, 5) is 13.0. The first kappa shape index (κ1) is 19.3. The van der Waals surface area contributed by atoms with Crippen molar-refractivity contribution < 1.29 is 14.4 Å². The first-order chi connectivity index (χ1) is 13.0. The van der Waals surface area contributed by atoms with Crippen molar-refractivity contribution in [2.75, 3.05) is 10.8 Å². The Balaban J connectivity index is 2.00. The predicted molar refractivity (Wildman–Crippen MR) is 104 cm³/mol. The van der Waals surface area contributed by atoms with Crippen LogP contribution in [0.3, 0.4) is 0 Å². The standard InChI is InChI=1S/C20H18Cl2N2O3/c1-13(16-4-2-3-5-17(16)22)24(20(25)26)18-12-27-23-19(18)15-8-6-14(7-9-15)10-11-21/h2-9,12-13H,10-11H2,1H3,(H,25,26)/p-1. The van der Waals surface area contributed by atoms with E-state index >= 15 is 0 Å². The van der Waals surface area contributed by atoms with Crippen LogP contribution >= 0.6 is 23.2 Å². The van der Waals surface area contributed by atoms with Gasteiger partial charge in [0, 0.05) is 16.5 Å². The molecular weight excluding hydrogens is 387 g/mol. The Morgan fingerprint density at radius 1 is 1.22 bits per heavy atom. The van der Waals surface area contributed by atoms with E-state index < -0.39 is 12.1 Å². The first-order valence-corrected chi connectivity index (χ1v) is 9.28. The Hall–Kier alpha value is -2.50. The molecular formula is C20H17Cl2N2O3-. The van der Waals surface area contributed by atoms with Crippen LogP contribution in [-0.2, 0) is 6.42 Å². The van der Waals surface area contributed by atoms with E-state index in [9.17, 15) is 9.90 Å². The Kier molecular flexibility index (Phi) is 6.04. The van der Waals surface area contributed by atoms with Crippen LogP contribution in [0.5, 0.6) is 0 Å². The molecule has 1 unspecified atom stereocenters. The van der Waals surface area contributed by atoms with Gasteiger partial charge < -0.3 is 19.3 Å². The average Bonchev–Trinajstić information content (AvgIpc) is 3.12. The van der Waals surface area contributed by atoms with Crippen LogP contribution in [0.15, 0.2) is 59.3 Å². The Morgan fingerprint density at radius 2 is 1.93 bits per heavy atom. The minimum absolute atomic E-state index is 0.299. The lowest BCUT2D eigenvalue weighted by Gasteiger charge is -2.31. The second-order valence-electron chi connectivity index (χ2n) is 6.02. The van der Waals surface area contributed by atoms with E-state index in [0.29, 0.717) is 27.8 Å². The molecule has 1 heterocycles. The summed E-state index contributed by atoms with van der Waals surface area (Å²) in [5.74, 6) is 0.530. The molecule has 0 fully saturated rings. The van der Waals surface area contributed by atoms with Gasteiger partial charge in [0.05, 0.1) is 6.04 Å². The summed E-state index contributed by atoms with van der Waals surface area (Å²) in [5, 5.41) is 16.4. The first-order valence-electron chi connectivity index (χ1n) is 8.37. The highest BCUT2D eigenvalue weighted by Gasteiger charge is 2.25. The molecule has 140 valence electrons. The highest BCUT2D eigenvalue weighted by molar-refractivity contribution is 6.31. The van der Waals surface area contributed by atoms with Gasteiger partial charge >= 0.3 is 0 Å². The molecule has 1 amide bonds. The number of rotatable bonds is 6. The number of alkyl halides is 1. The number of carboxylic acid groups (broad SMARTS) is 1. The SMILES string of the molecule is CC(c1ccccc1Cl)N(C(=O)[O-])c1conc1-c1ccc(CCCl)cc1. The number of amides is 1. The molecule has 2 aromatic carbocycles. The summed E-state index contributed by atoms with van der Waals surface area (Å²) in [6, 6.07) is 14.1. The van der Waals surface area contributed by atoms with E-state index in [1.807, 2.05) is 24.3 Å². The lowest BCUT2D eigenvalue weighted by atomic mass is 10.0. The zero-order valence-electron chi connectivity index (χ0n) is 14.6. The number of nitrogens with zero attached hydrogens (tertiary/aromatic N) is 2. The van der Waals surface area contributed by atoms with E-state index in [-0.39, 0.29) is 0 Å². The number of carbonyl (C=O) groups excluding carboxylic acids is 1. The number of carbonyl (C=O) groups is 1. The highest BCUT2D eigenvalue weighted by Crippen LogP contribution is 2.36. The van der Waals surface area contributed by atoms with Crippen LogP contribution in [0.4, 0.5) is 10.5 Å². The summed E-state index contributed by atoms with van der Waals surface area (Å²) in [7, 11) is 0. The van der Waals surface area contributed by atoms with Gasteiger partial charge in [-0.15, -0.1) is 11.6 Å². The van der Waals surface area contributed by atoms with E-state index in [0.717, 1.165) is 22.4 Å². The molecule has 3 rings (SSSR count). The van der Waals surface area contributed by atoms with Crippen molar-refractivity contribution in [2.45, 2.75) is 19.4 Å². The monoisotopic (exact) mass is 403 g/mol. The fourth-order valence-electron chi connectivity index (χ4n) is 2.96. The maximum Gasteiger partial charge on any atom is 0.148 e. The molecule has 1 aromatic heterocycles. The normalized spacial score (nSPS) is 12.0. The highest BCUT2D eigenvalue weighted by atomic mass is 35.5. The molecule has 0 bridgehead atoms. The summed E-state index contributed by atoms with van der Waals surface area (Å²) in [5.41, 5.74) is 3.19. The van der Waals surface area contributed by atoms with Gasteiger partial charge in [-0.3, -0.25) is 0 Å². The number of aromatic nitrogens is 1. The van der Waals surface area contributed by atoms with Crippen LogP contribution in [-0.4, -0.2) is 17.1 Å². The fraction of sp³-hybridized carbons (Fsp3) is 0.200. The van der Waals surface area contributed by atoms with Gasteiger partial charge in [0.25, 0.3) is 0 Å². The maximum absolute atomic E-state index is 11.9. The molecule has 7 heteroatoms. The zero-order valence-corrected chi connectivity index (χ0v) is 16.1. The van der Waals surface area contributed by atoms with Crippen molar-refractivity contribution in [2.24, 2.45) is 0 Å². The van der Waals surface area contributed by atoms with Crippen molar-refractivity contribution in [1.82, 2.24) is 5.16 Å². The molecule has 0 N–H and O–H groups in total. The number of hydrogen-bond acceptors (Lipinski definition) is 4. The van der Waals surface area contributed by atoms with Crippen LogP contribution < -0.4 is 10.0 Å². The van der Waals surface area contributed by atoms with Crippen molar-refractivity contribution in [3.8, 4) is 11.3 Å². The van der Waals surface area contributed by atoms with Gasteiger partial charge in [0.15, 0.2) is 0 Å². The summed E-state index contributed by atoms with van der Waals surface area (Å²) >= 11 is 12.0. The smallest absolute Gasteiger partial charge is 0.148 e. The van der Waals surface area contributed by atoms with Crippen LogP contribution in [0.1, 0.15) is 24.1 Å². The fourth-order valence-corrected chi connectivity index (χ4v) is 3.47. The van der Waals surface area contributed by atoms with E-state index in [2.05, 4.69) is 5.16 Å². The number of benzene rings is 2. The van der Waals surface area contributed by atoms with Crippen molar-refractivity contribution in [3.63, 3.8) is 0 Å². The number of anilines is 1. The molecule has 0 aliphatic rings. The largest absolute Gasteiger partial charge is 0.530 e. The van der Waals surface area contributed by atoms with Crippen LogP contribution in [0.25, 0.3) is 11.3 Å². The second kappa shape index (κ2) is 8.46. The molecule has 5 nitrogen and oxygen atoms in total. The quantitative estimate of drug-likeness (QED) is 0.559. The van der Waals surface area contributed by atoms with E-state index in [4.69, 9.17) is 27.7 Å². The lowest BCUT2D eigenvalue weighted by Crippen LogP contribution is -2.43. The molecule has 0 aliphatic heterocycles. The molecule has 0 spiro atoms. The topological polar surface area (TPSA) is 69.4 Å². The number of halogens is 2. The predicted octanol–water partition coefficient (Wildman–Crippen LogP) is 4.69. The van der Waals surface area contributed by atoms with Crippen molar-refractivity contribution in [1.29, 1.82) is 0 Å². The molecule has 0 saturated heterocycles. The number of hydrogen-bond donors (Lipinski definition) is 0. The summed E-state index contributed by atoms with van der Waals surface area (Å²) in [6.45, 7) is 1.73. The third kappa shape index (κ3) is 4.10. The number of aryl methyl sites for hydroxylation is 1. The van der Waals surface area contributed by atoms with Gasteiger partial charge in [-0.05, 0) is 30.5 Å². The zero-order chi connectivity index (χ0) is 19.4. The van der Waals surface area contributed by atoms with Crippen molar-refractivity contribution in [3.05, 3.63) is 70.9 Å². The lowest BCUT2D eigenvalue weighted by molar-refractivity contribution is -0.247. The molecule has 1 atom stereocenters. The minimum atomic E-state index is -1.37. The molecule has 0 radical (unpaired) electrons. The van der Waals surface area contributed by atoms with Gasteiger partial charge in [-0.25, -0.2) is 0 Å². The van der Waals surface area contributed by atoms with E-state index in [1.54, 1.807) is 31.2 Å². The molecule has 0 aliphatic carbocycles. The van der Waals surface area contributed by atoms with Crippen molar-refractivity contribution >= 4 is 35.0 Å². The minimum Gasteiger partial charge on any atom is -0.530 e. The molecule has 0 saturated carbocycles. The second-order valence-corrected chi connectivity index (χ2v) is 6.80. The summed E-state index contributed by atoms with van der Waals surface area (Å²) in [6.07, 6.45) is 0.679. The third-order valence-corrected chi connectivity index (χ3v) is 4.89. The van der Waals surface area contributed by atoms with Gasteiger partial charge in [0.2, 0.25) is 0 Å². The Morgan fingerprint density at radius 3 is 2.56 bits per heavy atom.